The molecule has 0 radical (unpaired) electrons. The van der Waals surface area contributed by atoms with Crippen LogP contribution in [0.3, 0.4) is 0 Å². The number of pyridine rings is 1. The molecule has 0 spiro atoms. The van der Waals surface area contributed by atoms with Crippen LogP contribution in [0, 0.1) is 0 Å². The van der Waals surface area contributed by atoms with Crippen LogP contribution in [-0.2, 0) is 14.2 Å². The minimum Gasteiger partial charge on any atom is -0.458 e. The van der Waals surface area contributed by atoms with Gasteiger partial charge in [-0.1, -0.05) is 18.2 Å². The van der Waals surface area contributed by atoms with Crippen molar-refractivity contribution in [3.8, 4) is 0 Å². The number of para-hydroxylation sites is 1. The van der Waals surface area contributed by atoms with Gasteiger partial charge in [-0.3, -0.25) is 0 Å². The van der Waals surface area contributed by atoms with Crippen LogP contribution in [0.25, 0.3) is 16.7 Å². The number of rotatable bonds is 5. The molecule has 0 aliphatic carbocycles. The molecule has 5 nitrogen and oxygen atoms in total. The highest BCUT2D eigenvalue weighted by Gasteiger charge is 2.30. The Hall–Kier alpha value is -1.95. The predicted octanol–water partition coefficient (Wildman–Crippen LogP) is 2.26. The van der Waals surface area contributed by atoms with Crippen molar-refractivity contribution in [1.82, 2.24) is 4.98 Å². The van der Waals surface area contributed by atoms with Gasteiger partial charge in [-0.25, -0.2) is 4.98 Å². The molecule has 1 aromatic heterocycles. The average Bonchev–Trinajstić information content (AvgIpc) is 2.86. The molecule has 0 bridgehead atoms. The first-order valence-corrected chi connectivity index (χ1v) is 6.81. The molecule has 0 saturated heterocycles. The normalized spacial score (nSPS) is 19.0. The first-order valence-electron chi connectivity index (χ1n) is 6.81. The summed E-state index contributed by atoms with van der Waals surface area (Å²) < 4.78 is 16.4. The van der Waals surface area contributed by atoms with E-state index in [4.69, 9.17) is 19.3 Å². The van der Waals surface area contributed by atoms with E-state index >= 15 is 0 Å². The molecule has 3 rings (SSSR count). The summed E-state index contributed by atoms with van der Waals surface area (Å²) in [5.41, 5.74) is 2.56. The summed E-state index contributed by atoms with van der Waals surface area (Å²) in [5.74, 6) is 0.653. The number of benzene rings is 1. The van der Waals surface area contributed by atoms with Gasteiger partial charge in [0.15, 0.2) is 0 Å². The summed E-state index contributed by atoms with van der Waals surface area (Å²) in [6, 6.07) is 9.91. The third-order valence-corrected chi connectivity index (χ3v) is 3.27. The zero-order chi connectivity index (χ0) is 14.7. The molecule has 1 aliphatic heterocycles. The van der Waals surface area contributed by atoms with Gasteiger partial charge in [0.2, 0.25) is 6.29 Å². The molecular weight excluding hydrogens is 270 g/mol. The highest BCUT2D eigenvalue weighted by molar-refractivity contribution is 5.82. The van der Waals surface area contributed by atoms with Crippen LogP contribution in [0.15, 0.2) is 36.4 Å². The number of fused-ring (bicyclic) bond motifs is 2. The maximum atomic E-state index is 8.92. The molecule has 110 valence electrons. The third-order valence-electron chi connectivity index (χ3n) is 3.27. The number of hydrogen-bond acceptors (Lipinski definition) is 5. The molecule has 2 heterocycles. The SMILES string of the molecule is COC/C=C1/OC(OCCO)c2cc3ccccc3nc21. The summed E-state index contributed by atoms with van der Waals surface area (Å²) in [6.07, 6.45) is 1.30. The molecule has 21 heavy (non-hydrogen) atoms. The number of nitrogens with zero attached hydrogens (tertiary/aromatic N) is 1. The predicted molar refractivity (Wildman–Crippen MR) is 78.5 cm³/mol. The highest BCUT2D eigenvalue weighted by Crippen LogP contribution is 2.39. The molecule has 1 aliphatic rings. The molecule has 1 N–H and O–H groups in total. The van der Waals surface area contributed by atoms with Gasteiger partial charge in [-0.05, 0) is 18.2 Å². The second kappa shape index (κ2) is 6.22. The van der Waals surface area contributed by atoms with Crippen molar-refractivity contribution in [1.29, 1.82) is 0 Å². The minimum absolute atomic E-state index is 0.0483. The van der Waals surface area contributed by atoms with Crippen molar-refractivity contribution >= 4 is 16.7 Å². The second-order valence-corrected chi connectivity index (χ2v) is 4.69. The molecule has 0 saturated carbocycles. The summed E-state index contributed by atoms with van der Waals surface area (Å²) >= 11 is 0. The zero-order valence-corrected chi connectivity index (χ0v) is 11.8. The van der Waals surface area contributed by atoms with Gasteiger partial charge < -0.3 is 19.3 Å². The number of aliphatic hydroxyl groups is 1. The van der Waals surface area contributed by atoms with Gasteiger partial charge in [0.25, 0.3) is 0 Å². The van der Waals surface area contributed by atoms with Crippen LogP contribution < -0.4 is 0 Å². The van der Waals surface area contributed by atoms with Crippen LogP contribution in [0.4, 0.5) is 0 Å². The van der Waals surface area contributed by atoms with E-state index in [1.54, 1.807) is 7.11 Å². The Bertz CT molecular complexity index is 668. The number of aromatic nitrogens is 1. The third kappa shape index (κ3) is 2.76. The van der Waals surface area contributed by atoms with Gasteiger partial charge in [-0.2, -0.15) is 0 Å². The molecule has 1 atom stereocenters. The van der Waals surface area contributed by atoms with E-state index < -0.39 is 6.29 Å². The summed E-state index contributed by atoms with van der Waals surface area (Å²) in [7, 11) is 1.63. The van der Waals surface area contributed by atoms with Crippen molar-refractivity contribution in [3.63, 3.8) is 0 Å². The van der Waals surface area contributed by atoms with Crippen molar-refractivity contribution in [2.24, 2.45) is 0 Å². The fourth-order valence-electron chi connectivity index (χ4n) is 2.33. The Morgan fingerprint density at radius 1 is 1.38 bits per heavy atom. The second-order valence-electron chi connectivity index (χ2n) is 4.69. The smallest absolute Gasteiger partial charge is 0.229 e. The van der Waals surface area contributed by atoms with E-state index in [1.165, 1.54) is 0 Å². The van der Waals surface area contributed by atoms with E-state index in [2.05, 4.69) is 4.98 Å². The average molecular weight is 287 g/mol. The molecule has 5 heteroatoms. The summed E-state index contributed by atoms with van der Waals surface area (Å²) in [6.45, 7) is 0.609. The Morgan fingerprint density at radius 3 is 3.05 bits per heavy atom. The van der Waals surface area contributed by atoms with Crippen LogP contribution in [0.2, 0.25) is 0 Å². The van der Waals surface area contributed by atoms with E-state index in [0.717, 1.165) is 22.2 Å². The van der Waals surface area contributed by atoms with Crippen molar-refractivity contribution in [3.05, 3.63) is 47.7 Å². The molecule has 0 fully saturated rings. The van der Waals surface area contributed by atoms with E-state index in [0.29, 0.717) is 12.4 Å². The van der Waals surface area contributed by atoms with Crippen molar-refractivity contribution < 1.29 is 19.3 Å². The molecular formula is C16H17NO4. The maximum absolute atomic E-state index is 8.92. The fraction of sp³-hybridized carbons (Fsp3) is 0.312. The van der Waals surface area contributed by atoms with Gasteiger partial charge in [0, 0.05) is 12.5 Å². The first-order chi connectivity index (χ1) is 10.3. The number of hydrogen-bond donors (Lipinski definition) is 1. The molecule has 1 aromatic carbocycles. The van der Waals surface area contributed by atoms with Gasteiger partial charge in [0.05, 0.1) is 30.9 Å². The van der Waals surface area contributed by atoms with Crippen LogP contribution in [0.1, 0.15) is 17.5 Å². The Labute approximate surface area is 122 Å². The largest absolute Gasteiger partial charge is 0.458 e. The molecule has 1 unspecified atom stereocenters. The number of methoxy groups -OCH3 is 1. The molecule has 2 aromatic rings. The Balaban J connectivity index is 2.04. The van der Waals surface area contributed by atoms with Crippen LogP contribution >= 0.6 is 0 Å². The fourth-order valence-corrected chi connectivity index (χ4v) is 2.33. The van der Waals surface area contributed by atoms with E-state index in [9.17, 15) is 0 Å². The lowest BCUT2D eigenvalue weighted by molar-refractivity contribution is -0.0996. The van der Waals surface area contributed by atoms with Crippen molar-refractivity contribution in [2.45, 2.75) is 6.29 Å². The van der Waals surface area contributed by atoms with Gasteiger partial charge in [-0.15, -0.1) is 0 Å². The lowest BCUT2D eigenvalue weighted by atomic mass is 10.1. The van der Waals surface area contributed by atoms with Gasteiger partial charge >= 0.3 is 0 Å². The summed E-state index contributed by atoms with van der Waals surface area (Å²) in [5, 5.41) is 9.96. The van der Waals surface area contributed by atoms with Crippen molar-refractivity contribution in [2.75, 3.05) is 26.9 Å². The summed E-state index contributed by atoms with van der Waals surface area (Å²) in [4.78, 5) is 4.66. The van der Waals surface area contributed by atoms with E-state index in [1.807, 2.05) is 36.4 Å². The molecule has 0 amide bonds. The standard InChI is InChI=1S/C16H17NO4/c1-19-8-6-14-15-12(16(21-14)20-9-7-18)10-11-4-2-3-5-13(11)17-15/h2-6,10,16,18H,7-9H2,1H3/b14-6+. The lowest BCUT2D eigenvalue weighted by Gasteiger charge is -2.11. The minimum atomic E-state index is -0.535. The monoisotopic (exact) mass is 287 g/mol. The van der Waals surface area contributed by atoms with Gasteiger partial charge in [0.1, 0.15) is 11.5 Å². The highest BCUT2D eigenvalue weighted by atomic mass is 16.7. The maximum Gasteiger partial charge on any atom is 0.229 e. The van der Waals surface area contributed by atoms with E-state index in [-0.39, 0.29) is 13.2 Å². The topological polar surface area (TPSA) is 60.8 Å². The lowest BCUT2D eigenvalue weighted by Crippen LogP contribution is -2.06. The zero-order valence-electron chi connectivity index (χ0n) is 11.8. The number of aliphatic hydroxyl groups excluding tert-OH is 1. The Morgan fingerprint density at radius 2 is 2.24 bits per heavy atom. The number of ether oxygens (including phenoxy) is 3. The quantitative estimate of drug-likeness (QED) is 0.914. The van der Waals surface area contributed by atoms with Crippen LogP contribution in [0.5, 0.6) is 0 Å². The van der Waals surface area contributed by atoms with Crippen LogP contribution in [-0.4, -0.2) is 37.0 Å². The first kappa shape index (κ1) is 14.0. The Kier molecular flexibility index (Phi) is 4.15.